The first-order chi connectivity index (χ1) is 17.6. The number of nitriles is 1. The normalized spacial score (nSPS) is 22.3. The maximum atomic E-state index is 13.3. The van der Waals surface area contributed by atoms with E-state index in [1.807, 2.05) is 30.3 Å². The van der Waals surface area contributed by atoms with Gasteiger partial charge < -0.3 is 9.47 Å². The van der Waals surface area contributed by atoms with E-state index >= 15 is 0 Å². The van der Waals surface area contributed by atoms with Gasteiger partial charge in [0.15, 0.2) is 5.78 Å². The van der Waals surface area contributed by atoms with E-state index in [0.717, 1.165) is 0 Å². The molecule has 1 aliphatic carbocycles. The van der Waals surface area contributed by atoms with E-state index in [1.54, 1.807) is 17.0 Å². The molecule has 3 heterocycles. The summed E-state index contributed by atoms with van der Waals surface area (Å²) in [6.07, 6.45) is 2.07. The molecule has 0 saturated carbocycles. The van der Waals surface area contributed by atoms with Gasteiger partial charge in [-0.2, -0.15) is 5.26 Å². The Hall–Kier alpha value is -4.02. The van der Waals surface area contributed by atoms with Crippen molar-refractivity contribution in [2.75, 3.05) is 19.8 Å². The molecule has 7 nitrogen and oxygen atoms in total. The molecule has 0 spiro atoms. The Morgan fingerprint density at radius 2 is 1.61 bits per heavy atom. The van der Waals surface area contributed by atoms with Gasteiger partial charge in [0, 0.05) is 18.0 Å². The first-order valence-electron chi connectivity index (χ1n) is 12.3. The van der Waals surface area contributed by atoms with Crippen molar-refractivity contribution in [2.45, 2.75) is 30.8 Å². The van der Waals surface area contributed by atoms with Crippen LogP contribution in [0.15, 0.2) is 66.9 Å². The number of ketones is 1. The summed E-state index contributed by atoms with van der Waals surface area (Å²) in [5.74, 6) is -0.301. The van der Waals surface area contributed by atoms with Crippen LogP contribution in [-0.4, -0.2) is 53.7 Å². The number of piperidine rings is 1. The molecule has 2 aliphatic heterocycles. The van der Waals surface area contributed by atoms with Crippen LogP contribution in [-0.2, 0) is 9.47 Å². The molecule has 0 radical (unpaired) electrons. The van der Waals surface area contributed by atoms with Crippen molar-refractivity contribution >= 4 is 11.9 Å². The van der Waals surface area contributed by atoms with Crippen LogP contribution in [0, 0.1) is 17.2 Å². The van der Waals surface area contributed by atoms with Crippen molar-refractivity contribution in [3.05, 3.63) is 89.2 Å². The average Bonchev–Trinajstić information content (AvgIpc) is 3.24. The maximum Gasteiger partial charge on any atom is 0.410 e. The highest BCUT2D eigenvalue weighted by Gasteiger charge is 2.45. The molecule has 2 atom stereocenters. The third-order valence-electron chi connectivity index (χ3n) is 7.58. The maximum absolute atomic E-state index is 13.3. The van der Waals surface area contributed by atoms with Crippen molar-refractivity contribution in [2.24, 2.45) is 5.92 Å². The van der Waals surface area contributed by atoms with E-state index in [0.29, 0.717) is 37.3 Å². The first kappa shape index (κ1) is 22.4. The van der Waals surface area contributed by atoms with Gasteiger partial charge in [-0.25, -0.2) is 4.79 Å². The van der Waals surface area contributed by atoms with Gasteiger partial charge in [0.25, 0.3) is 0 Å². The lowest BCUT2D eigenvalue weighted by Gasteiger charge is -2.47. The Balaban J connectivity index is 1.16. The lowest BCUT2D eigenvalue weighted by molar-refractivity contribution is -0.0748. The minimum Gasteiger partial charge on any atom is -0.448 e. The molecule has 2 unspecified atom stereocenters. The highest BCUT2D eigenvalue weighted by Crippen LogP contribution is 2.44. The van der Waals surface area contributed by atoms with Crippen LogP contribution in [0.2, 0.25) is 0 Å². The molecule has 0 N–H and O–H groups in total. The monoisotopic (exact) mass is 479 g/mol. The number of carbonyl (C=O) groups excluding carboxylic acids is 2. The molecule has 2 bridgehead atoms. The highest BCUT2D eigenvalue weighted by molar-refractivity contribution is 5.96. The van der Waals surface area contributed by atoms with Crippen LogP contribution in [0.5, 0.6) is 0 Å². The molecular weight excluding hydrogens is 454 g/mol. The Morgan fingerprint density at radius 3 is 2.19 bits per heavy atom. The van der Waals surface area contributed by atoms with E-state index in [1.165, 1.54) is 28.5 Å². The number of hydrogen-bond donors (Lipinski definition) is 0. The summed E-state index contributed by atoms with van der Waals surface area (Å²) in [7, 11) is 0. The fraction of sp³-hybridized carbons (Fsp3) is 0.310. The second-order valence-corrected chi connectivity index (χ2v) is 9.63. The van der Waals surface area contributed by atoms with E-state index in [-0.39, 0.29) is 42.4 Å². The number of ether oxygens (including phenoxy) is 2. The molecule has 2 aromatic carbocycles. The number of morpholine rings is 1. The van der Waals surface area contributed by atoms with Crippen molar-refractivity contribution < 1.29 is 19.1 Å². The molecular formula is C29H25N3O4. The minimum atomic E-state index is -0.349. The molecule has 1 aromatic heterocycles. The summed E-state index contributed by atoms with van der Waals surface area (Å²) in [4.78, 5) is 32.4. The predicted octanol–water partition coefficient (Wildman–Crippen LogP) is 4.56. The zero-order chi connectivity index (χ0) is 24.6. The quantitative estimate of drug-likeness (QED) is 0.509. The number of Topliss-reactive ketones (excluding diaryl/α,β-unsaturated/α-hetero) is 1. The van der Waals surface area contributed by atoms with Crippen molar-refractivity contribution in [1.29, 1.82) is 5.26 Å². The van der Waals surface area contributed by atoms with Crippen LogP contribution < -0.4 is 0 Å². The topological polar surface area (TPSA) is 92.5 Å². The molecule has 2 saturated heterocycles. The number of hydrogen-bond acceptors (Lipinski definition) is 6. The van der Waals surface area contributed by atoms with E-state index in [4.69, 9.17) is 14.7 Å². The summed E-state index contributed by atoms with van der Waals surface area (Å²) in [5.41, 5.74) is 5.50. The summed E-state index contributed by atoms with van der Waals surface area (Å²) in [6.45, 7) is 1.03. The lowest BCUT2D eigenvalue weighted by atomic mass is 9.81. The third kappa shape index (κ3) is 3.84. The van der Waals surface area contributed by atoms with Crippen LogP contribution in [0.1, 0.15) is 45.9 Å². The smallest absolute Gasteiger partial charge is 0.410 e. The van der Waals surface area contributed by atoms with Gasteiger partial charge in [0.1, 0.15) is 18.4 Å². The predicted molar refractivity (Wildman–Crippen MR) is 131 cm³/mol. The second kappa shape index (κ2) is 9.21. The van der Waals surface area contributed by atoms with Gasteiger partial charge in [-0.15, -0.1) is 0 Å². The zero-order valence-corrected chi connectivity index (χ0v) is 19.7. The first-order valence-corrected chi connectivity index (χ1v) is 12.3. The molecule has 3 aromatic rings. The number of rotatable bonds is 4. The number of amides is 1. The fourth-order valence-corrected chi connectivity index (χ4v) is 5.91. The summed E-state index contributed by atoms with van der Waals surface area (Å²) in [6, 6.07) is 21.3. The van der Waals surface area contributed by atoms with Crippen molar-refractivity contribution in [1.82, 2.24) is 9.88 Å². The number of aromatic nitrogens is 1. The number of fused-ring (bicyclic) bond motifs is 5. The number of nitrogens with zero attached hydrogens (tertiary/aromatic N) is 3. The third-order valence-corrected chi connectivity index (χ3v) is 7.58. The van der Waals surface area contributed by atoms with E-state index in [2.05, 4.69) is 29.2 Å². The summed E-state index contributed by atoms with van der Waals surface area (Å²) < 4.78 is 11.7. The van der Waals surface area contributed by atoms with Gasteiger partial charge >= 0.3 is 6.09 Å². The summed E-state index contributed by atoms with van der Waals surface area (Å²) in [5, 5.41) is 8.98. The van der Waals surface area contributed by atoms with Gasteiger partial charge in [0.2, 0.25) is 0 Å². The van der Waals surface area contributed by atoms with Crippen LogP contribution >= 0.6 is 0 Å². The van der Waals surface area contributed by atoms with Crippen LogP contribution in [0.25, 0.3) is 11.1 Å². The number of benzene rings is 2. The number of pyridine rings is 1. The van der Waals surface area contributed by atoms with Crippen LogP contribution in [0.3, 0.4) is 0 Å². The standard InChI is InChI=1S/C29H25N3O4/c30-13-18-9-10-27(31-14-18)28(33)19-11-20-15-35-16-21(12-19)32(20)29(34)36-17-26-24-7-3-1-5-22(24)23-6-2-4-8-25(23)26/h1-10,14,19-21,26H,11-12,15-17H2. The number of carbonyl (C=O) groups is 2. The average molecular weight is 480 g/mol. The minimum absolute atomic E-state index is 0.000913. The van der Waals surface area contributed by atoms with Gasteiger partial charge in [-0.05, 0) is 47.2 Å². The highest BCUT2D eigenvalue weighted by atomic mass is 16.6. The van der Waals surface area contributed by atoms with E-state index in [9.17, 15) is 9.59 Å². The Kier molecular flexibility index (Phi) is 5.74. The fourth-order valence-electron chi connectivity index (χ4n) is 5.91. The Bertz CT molecular complexity index is 1300. The molecule has 1 amide bonds. The second-order valence-electron chi connectivity index (χ2n) is 9.63. The SMILES string of the molecule is N#Cc1ccc(C(=O)C2CC3COCC(C2)N3C(=O)OCC2c3ccccc3-c3ccccc32)nc1. The van der Waals surface area contributed by atoms with Gasteiger partial charge in [0.05, 0.1) is 30.9 Å². The molecule has 7 heteroatoms. The molecule has 6 rings (SSSR count). The Morgan fingerprint density at radius 1 is 0.972 bits per heavy atom. The zero-order valence-electron chi connectivity index (χ0n) is 19.7. The largest absolute Gasteiger partial charge is 0.448 e. The molecule has 36 heavy (non-hydrogen) atoms. The molecule has 3 aliphatic rings. The molecule has 180 valence electrons. The van der Waals surface area contributed by atoms with Gasteiger partial charge in [-0.3, -0.25) is 14.7 Å². The van der Waals surface area contributed by atoms with Crippen LogP contribution in [0.4, 0.5) is 4.79 Å². The molecule has 2 fully saturated rings. The van der Waals surface area contributed by atoms with Gasteiger partial charge in [-0.1, -0.05) is 48.5 Å². The summed E-state index contributed by atoms with van der Waals surface area (Å²) >= 11 is 0. The van der Waals surface area contributed by atoms with Crippen molar-refractivity contribution in [3.63, 3.8) is 0 Å². The van der Waals surface area contributed by atoms with E-state index < -0.39 is 0 Å². The van der Waals surface area contributed by atoms with Crippen molar-refractivity contribution in [3.8, 4) is 17.2 Å². The lowest BCUT2D eigenvalue weighted by Crippen LogP contribution is -2.60. The Labute approximate surface area is 209 Å².